The van der Waals surface area contributed by atoms with Gasteiger partial charge >= 0.3 is 0 Å². The molecular weight excluding hydrogens is 268 g/mol. The van der Waals surface area contributed by atoms with Crippen LogP contribution in [0, 0.1) is 35.3 Å². The maximum atomic E-state index is 14.6. The van der Waals surface area contributed by atoms with Gasteiger partial charge in [-0.3, -0.25) is 0 Å². The maximum Gasteiger partial charge on any atom is 0.133 e. The molecule has 0 aliphatic heterocycles. The molecule has 0 amide bonds. The van der Waals surface area contributed by atoms with Crippen molar-refractivity contribution in [2.24, 2.45) is 16.7 Å². The van der Waals surface area contributed by atoms with Crippen molar-refractivity contribution in [1.82, 2.24) is 5.32 Å². The van der Waals surface area contributed by atoms with Crippen molar-refractivity contribution >= 4 is 0 Å². The molecule has 21 heavy (non-hydrogen) atoms. The molecule has 1 unspecified atom stereocenters. The monoisotopic (exact) mass is 295 g/mol. The molecule has 1 N–H and O–H groups in total. The number of rotatable bonds is 5. The standard InChI is InChI=1S/C18H27F2N/c1-7-10-21-15(16-17(3,4)18(16,5)6)13-12(19)9-8-11(2)14(13)20/h8-9,15-16,21H,7,10H2,1-6H3. The van der Waals surface area contributed by atoms with Gasteiger partial charge in [0.2, 0.25) is 0 Å². The van der Waals surface area contributed by atoms with Crippen LogP contribution < -0.4 is 5.32 Å². The average molecular weight is 295 g/mol. The SMILES string of the molecule is CCCNC(c1c(F)ccc(C)c1F)C1C(C)(C)C1(C)C. The summed E-state index contributed by atoms with van der Waals surface area (Å²) in [5, 5.41) is 3.39. The van der Waals surface area contributed by atoms with E-state index in [9.17, 15) is 8.78 Å². The Morgan fingerprint density at radius 1 is 1.14 bits per heavy atom. The van der Waals surface area contributed by atoms with E-state index < -0.39 is 11.6 Å². The molecule has 0 spiro atoms. The van der Waals surface area contributed by atoms with Crippen LogP contribution in [0.15, 0.2) is 12.1 Å². The predicted molar refractivity (Wildman–Crippen MR) is 83.2 cm³/mol. The largest absolute Gasteiger partial charge is 0.309 e. The topological polar surface area (TPSA) is 12.0 Å². The Balaban J connectivity index is 2.46. The molecule has 0 saturated heterocycles. The molecule has 0 aromatic heterocycles. The van der Waals surface area contributed by atoms with Crippen molar-refractivity contribution in [2.75, 3.05) is 6.54 Å². The smallest absolute Gasteiger partial charge is 0.133 e. The lowest BCUT2D eigenvalue weighted by molar-refractivity contribution is 0.379. The first kappa shape index (κ1) is 16.4. The molecule has 0 bridgehead atoms. The summed E-state index contributed by atoms with van der Waals surface area (Å²) in [7, 11) is 0. The Labute approximate surface area is 127 Å². The number of halogens is 2. The van der Waals surface area contributed by atoms with Crippen molar-refractivity contribution in [1.29, 1.82) is 0 Å². The second-order valence-corrected chi connectivity index (χ2v) is 7.44. The highest BCUT2D eigenvalue weighted by molar-refractivity contribution is 5.33. The molecule has 1 saturated carbocycles. The van der Waals surface area contributed by atoms with Gasteiger partial charge in [0.05, 0.1) is 0 Å². The number of benzene rings is 1. The van der Waals surface area contributed by atoms with Crippen LogP contribution >= 0.6 is 0 Å². The lowest BCUT2D eigenvalue weighted by atomic mass is 9.94. The second-order valence-electron chi connectivity index (χ2n) is 7.44. The van der Waals surface area contributed by atoms with Crippen LogP contribution in [-0.4, -0.2) is 6.54 Å². The molecule has 1 aromatic carbocycles. The summed E-state index contributed by atoms with van der Waals surface area (Å²) in [5.41, 5.74) is 0.861. The summed E-state index contributed by atoms with van der Waals surface area (Å²) in [6.07, 6.45) is 0.944. The van der Waals surface area contributed by atoms with Crippen LogP contribution in [0.2, 0.25) is 0 Å². The first-order valence-corrected chi connectivity index (χ1v) is 7.84. The van der Waals surface area contributed by atoms with E-state index in [1.165, 1.54) is 12.1 Å². The zero-order valence-corrected chi connectivity index (χ0v) is 14.0. The van der Waals surface area contributed by atoms with Crippen LogP contribution in [0.4, 0.5) is 8.78 Å². The quantitative estimate of drug-likeness (QED) is 0.806. The lowest BCUT2D eigenvalue weighted by Gasteiger charge is -2.23. The molecule has 0 radical (unpaired) electrons. The van der Waals surface area contributed by atoms with E-state index in [0.717, 1.165) is 13.0 Å². The van der Waals surface area contributed by atoms with Gasteiger partial charge in [-0.1, -0.05) is 40.7 Å². The predicted octanol–water partition coefficient (Wildman–Crippen LogP) is 5.00. The zero-order valence-electron chi connectivity index (χ0n) is 14.0. The lowest BCUT2D eigenvalue weighted by Crippen LogP contribution is -2.28. The highest BCUT2D eigenvalue weighted by Crippen LogP contribution is 2.72. The van der Waals surface area contributed by atoms with Crippen LogP contribution in [0.1, 0.15) is 58.2 Å². The van der Waals surface area contributed by atoms with E-state index in [2.05, 4.69) is 39.9 Å². The van der Waals surface area contributed by atoms with Crippen molar-refractivity contribution in [3.8, 4) is 0 Å². The van der Waals surface area contributed by atoms with Gasteiger partial charge in [0, 0.05) is 11.6 Å². The Kier molecular flexibility index (Phi) is 4.18. The van der Waals surface area contributed by atoms with Gasteiger partial charge in [0.15, 0.2) is 0 Å². The Morgan fingerprint density at radius 3 is 2.19 bits per heavy atom. The second kappa shape index (κ2) is 5.35. The zero-order chi connectivity index (χ0) is 16.0. The maximum absolute atomic E-state index is 14.6. The molecule has 1 atom stereocenters. The van der Waals surface area contributed by atoms with Gasteiger partial charge in [-0.05, 0) is 48.3 Å². The molecule has 1 nitrogen and oxygen atoms in total. The Bertz CT molecular complexity index is 520. The summed E-state index contributed by atoms with van der Waals surface area (Å²) in [5.74, 6) is -0.616. The van der Waals surface area contributed by atoms with E-state index in [4.69, 9.17) is 0 Å². The molecule has 1 aliphatic carbocycles. The van der Waals surface area contributed by atoms with Crippen LogP contribution in [0.5, 0.6) is 0 Å². The number of nitrogens with one attached hydrogen (secondary N) is 1. The number of hydrogen-bond donors (Lipinski definition) is 1. The van der Waals surface area contributed by atoms with E-state index in [0.29, 0.717) is 5.56 Å². The molecule has 3 heteroatoms. The first-order chi connectivity index (χ1) is 9.66. The Morgan fingerprint density at radius 2 is 1.71 bits per heavy atom. The van der Waals surface area contributed by atoms with Crippen molar-refractivity contribution in [2.45, 2.75) is 54.0 Å². The summed E-state index contributed by atoms with van der Waals surface area (Å²) in [4.78, 5) is 0. The molecule has 1 aliphatic rings. The van der Waals surface area contributed by atoms with Gasteiger partial charge < -0.3 is 5.32 Å². The van der Waals surface area contributed by atoms with Gasteiger partial charge in [0.1, 0.15) is 11.6 Å². The fourth-order valence-electron chi connectivity index (χ4n) is 3.73. The van der Waals surface area contributed by atoms with Crippen LogP contribution in [-0.2, 0) is 0 Å². The average Bonchev–Trinajstić information content (AvgIpc) is 2.80. The van der Waals surface area contributed by atoms with Crippen molar-refractivity contribution in [3.63, 3.8) is 0 Å². The third-order valence-corrected chi connectivity index (χ3v) is 5.71. The van der Waals surface area contributed by atoms with E-state index in [-0.39, 0.29) is 28.4 Å². The molecule has 1 fully saturated rings. The molecule has 1 aromatic rings. The van der Waals surface area contributed by atoms with Gasteiger partial charge in [0.25, 0.3) is 0 Å². The van der Waals surface area contributed by atoms with Gasteiger partial charge in [-0.25, -0.2) is 8.78 Å². The van der Waals surface area contributed by atoms with Crippen LogP contribution in [0.25, 0.3) is 0 Å². The third kappa shape index (κ3) is 2.50. The fraction of sp³-hybridized carbons (Fsp3) is 0.667. The van der Waals surface area contributed by atoms with Gasteiger partial charge in [-0.2, -0.15) is 0 Å². The minimum absolute atomic E-state index is 0.0705. The molecule has 0 heterocycles. The Hall–Kier alpha value is -0.960. The molecular formula is C18H27F2N. The highest BCUT2D eigenvalue weighted by Gasteiger charge is 2.67. The van der Waals surface area contributed by atoms with Crippen LogP contribution in [0.3, 0.4) is 0 Å². The minimum atomic E-state index is -0.440. The van der Waals surface area contributed by atoms with Crippen molar-refractivity contribution < 1.29 is 8.78 Å². The number of hydrogen-bond acceptors (Lipinski definition) is 1. The summed E-state index contributed by atoms with van der Waals surface area (Å²) >= 11 is 0. The minimum Gasteiger partial charge on any atom is -0.309 e. The normalized spacial score (nSPS) is 21.3. The van der Waals surface area contributed by atoms with E-state index in [1.54, 1.807) is 6.92 Å². The summed E-state index contributed by atoms with van der Waals surface area (Å²) in [6, 6.07) is 2.63. The highest BCUT2D eigenvalue weighted by atomic mass is 19.1. The first-order valence-electron chi connectivity index (χ1n) is 7.84. The summed E-state index contributed by atoms with van der Waals surface area (Å²) in [6.45, 7) is 13.3. The van der Waals surface area contributed by atoms with Crippen molar-refractivity contribution in [3.05, 3.63) is 34.9 Å². The third-order valence-electron chi connectivity index (χ3n) is 5.71. The number of aryl methyl sites for hydroxylation is 1. The van der Waals surface area contributed by atoms with Gasteiger partial charge in [-0.15, -0.1) is 0 Å². The summed E-state index contributed by atoms with van der Waals surface area (Å²) < 4.78 is 28.9. The fourth-order valence-corrected chi connectivity index (χ4v) is 3.73. The van der Waals surface area contributed by atoms with E-state index >= 15 is 0 Å². The van der Waals surface area contributed by atoms with E-state index in [1.807, 2.05) is 0 Å². The molecule has 2 rings (SSSR count). The molecule has 118 valence electrons.